The van der Waals surface area contributed by atoms with Gasteiger partial charge in [-0.05, 0) is 31.3 Å². The summed E-state index contributed by atoms with van der Waals surface area (Å²) in [6.45, 7) is 5.79. The summed E-state index contributed by atoms with van der Waals surface area (Å²) in [5.74, 6) is 0.848. The maximum atomic E-state index is 5.79. The van der Waals surface area contributed by atoms with Crippen molar-refractivity contribution in [2.24, 2.45) is 5.92 Å². The number of allylic oxidation sites excluding steroid dienone is 5. The lowest BCUT2D eigenvalue weighted by atomic mass is 10.1. The number of rotatable bonds is 4. The monoisotopic (exact) mass is 182 g/mol. The van der Waals surface area contributed by atoms with Crippen LogP contribution in [0.3, 0.4) is 0 Å². The van der Waals surface area contributed by atoms with Crippen LogP contribution in [0.5, 0.6) is 0 Å². The lowest BCUT2D eigenvalue weighted by Gasteiger charge is -1.98. The van der Waals surface area contributed by atoms with Crippen molar-refractivity contribution in [2.75, 3.05) is 0 Å². The van der Waals surface area contributed by atoms with Gasteiger partial charge in [-0.2, -0.15) is 0 Å². The van der Waals surface area contributed by atoms with Gasteiger partial charge in [-0.25, -0.2) is 0 Å². The zero-order chi connectivity index (χ0) is 8.97. The van der Waals surface area contributed by atoms with Crippen molar-refractivity contribution in [3.63, 3.8) is 0 Å². The summed E-state index contributed by atoms with van der Waals surface area (Å²) in [4.78, 5) is 0. The van der Waals surface area contributed by atoms with Crippen molar-refractivity contribution in [3.05, 3.63) is 35.4 Å². The molecule has 0 heterocycles. The first-order chi connectivity index (χ1) is 5.77. The second kappa shape index (κ2) is 4.51. The Kier molecular flexibility index (Phi) is 3.61. The quantitative estimate of drug-likeness (QED) is 0.576. The van der Waals surface area contributed by atoms with E-state index in [9.17, 15) is 0 Å². The molecule has 0 aromatic heterocycles. The van der Waals surface area contributed by atoms with E-state index >= 15 is 0 Å². The Morgan fingerprint density at radius 2 is 2.17 bits per heavy atom. The Labute approximate surface area is 79.6 Å². The molecule has 1 fully saturated rings. The fraction of sp³-hybridized carbons (Fsp3) is 0.455. The van der Waals surface area contributed by atoms with Gasteiger partial charge in [0.15, 0.2) is 0 Å². The van der Waals surface area contributed by atoms with Crippen molar-refractivity contribution in [1.82, 2.24) is 0 Å². The minimum Gasteiger partial charge on any atom is -0.0976 e. The highest BCUT2D eigenvalue weighted by atomic mass is 35.5. The van der Waals surface area contributed by atoms with Crippen molar-refractivity contribution < 1.29 is 0 Å². The first-order valence-corrected chi connectivity index (χ1v) is 4.84. The van der Waals surface area contributed by atoms with Crippen molar-refractivity contribution in [3.8, 4) is 0 Å². The lowest BCUT2D eigenvalue weighted by molar-refractivity contribution is 0.912. The molecule has 0 atom stereocenters. The van der Waals surface area contributed by atoms with E-state index in [2.05, 4.69) is 19.6 Å². The zero-order valence-corrected chi connectivity index (χ0v) is 8.27. The van der Waals surface area contributed by atoms with E-state index in [1.807, 2.05) is 6.08 Å². The van der Waals surface area contributed by atoms with Gasteiger partial charge in [0.05, 0.1) is 0 Å². The first kappa shape index (κ1) is 9.60. The lowest BCUT2D eigenvalue weighted by Crippen LogP contribution is -1.81. The van der Waals surface area contributed by atoms with Crippen molar-refractivity contribution in [2.45, 2.75) is 26.2 Å². The predicted octanol–water partition coefficient (Wildman–Crippen LogP) is 4.04. The summed E-state index contributed by atoms with van der Waals surface area (Å²) in [7, 11) is 0. The molecule has 0 bridgehead atoms. The van der Waals surface area contributed by atoms with E-state index in [1.165, 1.54) is 18.4 Å². The maximum absolute atomic E-state index is 5.79. The molecule has 1 rings (SSSR count). The summed E-state index contributed by atoms with van der Waals surface area (Å²) in [6.07, 6.45) is 9.60. The highest BCUT2D eigenvalue weighted by Crippen LogP contribution is 2.37. The van der Waals surface area contributed by atoms with Crippen LogP contribution in [0, 0.1) is 5.92 Å². The van der Waals surface area contributed by atoms with E-state index < -0.39 is 0 Å². The Morgan fingerprint density at radius 3 is 2.58 bits per heavy atom. The van der Waals surface area contributed by atoms with Crippen LogP contribution in [0.1, 0.15) is 26.2 Å². The minimum atomic E-state index is 0.724. The molecule has 0 amide bonds. The highest BCUT2D eigenvalue weighted by molar-refractivity contribution is 6.31. The van der Waals surface area contributed by atoms with Crippen LogP contribution in [0.25, 0.3) is 0 Å². The Balaban J connectivity index is 2.57. The summed E-state index contributed by atoms with van der Waals surface area (Å²) in [5.41, 5.74) is 1.52. The van der Waals surface area contributed by atoms with Crippen LogP contribution >= 0.6 is 11.6 Å². The van der Waals surface area contributed by atoms with E-state index in [0.717, 1.165) is 17.4 Å². The van der Waals surface area contributed by atoms with Gasteiger partial charge in [-0.1, -0.05) is 42.8 Å². The highest BCUT2D eigenvalue weighted by Gasteiger charge is 2.23. The first-order valence-electron chi connectivity index (χ1n) is 4.46. The van der Waals surface area contributed by atoms with Crippen LogP contribution in [0.4, 0.5) is 0 Å². The standard InChI is InChI=1S/C11H15Cl/c1-3-9(10-5-6-10)7-8-11(12)4-2/h4,7-8,10H,2-3,5-6H2,1H3. The molecule has 0 unspecified atom stereocenters. The molecule has 0 nitrogen and oxygen atoms in total. The Morgan fingerprint density at radius 1 is 1.50 bits per heavy atom. The fourth-order valence-corrected chi connectivity index (χ4v) is 1.31. The van der Waals surface area contributed by atoms with Crippen LogP contribution in [0.15, 0.2) is 35.4 Å². The van der Waals surface area contributed by atoms with Crippen LogP contribution in [-0.2, 0) is 0 Å². The van der Waals surface area contributed by atoms with Crippen LogP contribution < -0.4 is 0 Å². The van der Waals surface area contributed by atoms with Gasteiger partial charge in [0.2, 0.25) is 0 Å². The molecule has 12 heavy (non-hydrogen) atoms. The van der Waals surface area contributed by atoms with E-state index in [1.54, 1.807) is 6.08 Å². The zero-order valence-electron chi connectivity index (χ0n) is 7.52. The molecule has 0 aromatic rings. The third-order valence-corrected chi connectivity index (χ3v) is 2.44. The topological polar surface area (TPSA) is 0 Å². The SMILES string of the molecule is C=CC(Cl)=CC=C(CC)C1CC1. The van der Waals surface area contributed by atoms with Crippen molar-refractivity contribution in [1.29, 1.82) is 0 Å². The normalized spacial score (nSPS) is 19.5. The molecule has 0 N–H and O–H groups in total. The maximum Gasteiger partial charge on any atom is 0.0400 e. The van der Waals surface area contributed by atoms with Gasteiger partial charge < -0.3 is 0 Å². The molecule has 0 radical (unpaired) electrons. The third kappa shape index (κ3) is 2.86. The molecule has 0 saturated heterocycles. The van der Waals surface area contributed by atoms with E-state index in [0.29, 0.717) is 0 Å². The van der Waals surface area contributed by atoms with E-state index in [4.69, 9.17) is 11.6 Å². The average molecular weight is 183 g/mol. The van der Waals surface area contributed by atoms with Gasteiger partial charge in [-0.15, -0.1) is 0 Å². The second-order valence-electron chi connectivity index (χ2n) is 3.13. The molecule has 66 valence electrons. The summed E-state index contributed by atoms with van der Waals surface area (Å²) in [5, 5.41) is 0.724. The number of hydrogen-bond donors (Lipinski definition) is 0. The van der Waals surface area contributed by atoms with Gasteiger partial charge in [-0.3, -0.25) is 0 Å². The largest absolute Gasteiger partial charge is 0.0976 e. The summed E-state index contributed by atoms with van der Waals surface area (Å²) >= 11 is 5.79. The van der Waals surface area contributed by atoms with Gasteiger partial charge in [0, 0.05) is 5.03 Å². The Bertz CT molecular complexity index is 219. The fourth-order valence-electron chi connectivity index (χ4n) is 1.25. The van der Waals surface area contributed by atoms with Crippen LogP contribution in [0.2, 0.25) is 0 Å². The summed E-state index contributed by atoms with van der Waals surface area (Å²) < 4.78 is 0. The third-order valence-electron chi connectivity index (χ3n) is 2.16. The van der Waals surface area contributed by atoms with Gasteiger partial charge in [0.25, 0.3) is 0 Å². The molecule has 0 aromatic carbocycles. The van der Waals surface area contributed by atoms with Crippen LogP contribution in [-0.4, -0.2) is 0 Å². The Hall–Kier alpha value is -0.490. The molecule has 1 aliphatic rings. The number of hydrogen-bond acceptors (Lipinski definition) is 0. The smallest absolute Gasteiger partial charge is 0.0400 e. The van der Waals surface area contributed by atoms with Gasteiger partial charge >= 0.3 is 0 Å². The predicted molar refractivity (Wildman–Crippen MR) is 55.2 cm³/mol. The van der Waals surface area contributed by atoms with Crippen molar-refractivity contribution >= 4 is 11.6 Å². The molecule has 1 aliphatic carbocycles. The molecule has 1 heteroatoms. The second-order valence-corrected chi connectivity index (χ2v) is 3.56. The average Bonchev–Trinajstić information content (AvgIpc) is 2.89. The van der Waals surface area contributed by atoms with E-state index in [-0.39, 0.29) is 0 Å². The van der Waals surface area contributed by atoms with Gasteiger partial charge in [0.1, 0.15) is 0 Å². The number of halogens is 1. The molecule has 0 aliphatic heterocycles. The molecular weight excluding hydrogens is 168 g/mol. The minimum absolute atomic E-state index is 0.724. The summed E-state index contributed by atoms with van der Waals surface area (Å²) in [6, 6.07) is 0. The molecule has 0 spiro atoms. The molecular formula is C11H15Cl. The molecule has 1 saturated carbocycles.